The molecule has 3 aromatic rings. The predicted molar refractivity (Wildman–Crippen MR) is 97.8 cm³/mol. The van der Waals surface area contributed by atoms with Gasteiger partial charge in [0.1, 0.15) is 12.4 Å². The average molecular weight is 407 g/mol. The summed E-state index contributed by atoms with van der Waals surface area (Å²) in [5.74, 6) is -0.508. The summed E-state index contributed by atoms with van der Waals surface area (Å²) in [6, 6.07) is 13.8. The van der Waals surface area contributed by atoms with Gasteiger partial charge in [-0.15, -0.1) is 0 Å². The van der Waals surface area contributed by atoms with Gasteiger partial charge < -0.3 is 10.1 Å². The van der Waals surface area contributed by atoms with Crippen LogP contribution in [0.4, 0.5) is 23.4 Å². The maximum atomic E-state index is 13.3. The van der Waals surface area contributed by atoms with Crippen LogP contribution < -0.4 is 5.32 Å². The van der Waals surface area contributed by atoms with Crippen molar-refractivity contribution >= 4 is 11.7 Å². The first-order valence-electron chi connectivity index (χ1n) is 8.61. The van der Waals surface area contributed by atoms with Crippen LogP contribution in [0.1, 0.15) is 21.5 Å². The summed E-state index contributed by atoms with van der Waals surface area (Å²) < 4.78 is 55.9. The lowest BCUT2D eigenvalue weighted by Gasteiger charge is -2.09. The van der Waals surface area contributed by atoms with E-state index in [2.05, 4.69) is 15.2 Å². The SMILES string of the molecule is O=C(Nc1ccn(Cc2cccc(F)c2)n1)c1cccc(COCC(F)(F)F)c1. The van der Waals surface area contributed by atoms with E-state index < -0.39 is 18.7 Å². The third-order valence-electron chi connectivity index (χ3n) is 3.84. The molecule has 0 radical (unpaired) electrons. The Morgan fingerprint density at radius 2 is 1.83 bits per heavy atom. The predicted octanol–water partition coefficient (Wildman–Crippen LogP) is 4.40. The average Bonchev–Trinajstić information content (AvgIpc) is 3.07. The zero-order valence-electron chi connectivity index (χ0n) is 15.1. The number of carbonyl (C=O) groups excluding carboxylic acids is 1. The summed E-state index contributed by atoms with van der Waals surface area (Å²) in [4.78, 5) is 12.4. The van der Waals surface area contributed by atoms with E-state index in [4.69, 9.17) is 0 Å². The molecule has 1 heterocycles. The smallest absolute Gasteiger partial charge is 0.367 e. The van der Waals surface area contributed by atoms with Gasteiger partial charge in [0.15, 0.2) is 5.82 Å². The molecule has 0 aliphatic heterocycles. The Hall–Kier alpha value is -3.20. The van der Waals surface area contributed by atoms with E-state index in [0.717, 1.165) is 5.56 Å². The van der Waals surface area contributed by atoms with E-state index >= 15 is 0 Å². The standard InChI is InChI=1S/C20H17F4N3O2/c21-17-6-2-3-14(10-17)11-27-8-7-18(26-27)25-19(28)16-5-1-4-15(9-16)12-29-13-20(22,23)24/h1-10H,11-13H2,(H,25,26,28). The number of alkyl halides is 3. The molecule has 0 unspecified atom stereocenters. The highest BCUT2D eigenvalue weighted by Gasteiger charge is 2.27. The lowest BCUT2D eigenvalue weighted by Crippen LogP contribution is -2.17. The van der Waals surface area contributed by atoms with Crippen molar-refractivity contribution in [2.45, 2.75) is 19.3 Å². The molecule has 0 saturated carbocycles. The van der Waals surface area contributed by atoms with Crippen molar-refractivity contribution in [1.82, 2.24) is 9.78 Å². The highest BCUT2D eigenvalue weighted by Crippen LogP contribution is 2.16. The van der Waals surface area contributed by atoms with E-state index in [1.54, 1.807) is 41.2 Å². The minimum atomic E-state index is -4.40. The van der Waals surface area contributed by atoms with Crippen molar-refractivity contribution in [3.05, 3.63) is 83.3 Å². The first-order chi connectivity index (χ1) is 13.8. The van der Waals surface area contributed by atoms with Crippen LogP contribution in [-0.2, 0) is 17.9 Å². The lowest BCUT2D eigenvalue weighted by atomic mass is 10.1. The highest BCUT2D eigenvalue weighted by molar-refractivity contribution is 6.03. The molecule has 0 aliphatic carbocycles. The Kier molecular flexibility index (Phi) is 6.28. The van der Waals surface area contributed by atoms with Crippen LogP contribution in [0.25, 0.3) is 0 Å². The fourth-order valence-electron chi connectivity index (χ4n) is 2.61. The van der Waals surface area contributed by atoms with Gasteiger partial charge in [0.05, 0.1) is 13.2 Å². The molecule has 152 valence electrons. The Morgan fingerprint density at radius 3 is 2.59 bits per heavy atom. The van der Waals surface area contributed by atoms with Crippen LogP contribution in [0.15, 0.2) is 60.8 Å². The van der Waals surface area contributed by atoms with Crippen molar-refractivity contribution in [1.29, 1.82) is 0 Å². The molecule has 9 heteroatoms. The van der Waals surface area contributed by atoms with Crippen LogP contribution in [-0.4, -0.2) is 28.5 Å². The number of nitrogens with one attached hydrogen (secondary N) is 1. The monoisotopic (exact) mass is 407 g/mol. The van der Waals surface area contributed by atoms with Gasteiger partial charge in [-0.1, -0.05) is 24.3 Å². The number of nitrogens with zero attached hydrogens (tertiary/aromatic N) is 2. The van der Waals surface area contributed by atoms with E-state index in [-0.39, 0.29) is 18.0 Å². The molecule has 2 aromatic carbocycles. The maximum Gasteiger partial charge on any atom is 0.411 e. The topological polar surface area (TPSA) is 56.2 Å². The quantitative estimate of drug-likeness (QED) is 0.591. The number of rotatable bonds is 7. The molecule has 0 fully saturated rings. The normalized spacial score (nSPS) is 11.4. The molecule has 0 atom stereocenters. The summed E-state index contributed by atoms with van der Waals surface area (Å²) in [5.41, 5.74) is 1.42. The van der Waals surface area contributed by atoms with Gasteiger partial charge in [-0.05, 0) is 35.4 Å². The van der Waals surface area contributed by atoms with Crippen LogP contribution in [0.3, 0.4) is 0 Å². The van der Waals surface area contributed by atoms with Gasteiger partial charge in [-0.3, -0.25) is 9.48 Å². The Balaban J connectivity index is 1.59. The summed E-state index contributed by atoms with van der Waals surface area (Å²) >= 11 is 0. The molecular weight excluding hydrogens is 390 g/mol. The van der Waals surface area contributed by atoms with E-state index in [0.29, 0.717) is 17.9 Å². The van der Waals surface area contributed by atoms with Gasteiger partial charge in [-0.2, -0.15) is 18.3 Å². The molecule has 0 saturated heterocycles. The molecule has 5 nitrogen and oxygen atoms in total. The van der Waals surface area contributed by atoms with Crippen molar-refractivity contribution in [2.75, 3.05) is 11.9 Å². The molecule has 1 aromatic heterocycles. The Bertz CT molecular complexity index is 986. The fraction of sp³-hybridized carbons (Fsp3) is 0.200. The number of amides is 1. The molecule has 1 N–H and O–H groups in total. The molecule has 1 amide bonds. The number of benzene rings is 2. The summed E-state index contributed by atoms with van der Waals surface area (Å²) in [5, 5.41) is 6.83. The third kappa shape index (κ3) is 6.42. The zero-order chi connectivity index (χ0) is 20.9. The minimum absolute atomic E-state index is 0.261. The number of ether oxygens (including phenoxy) is 1. The first-order valence-corrected chi connectivity index (χ1v) is 8.61. The molecule has 0 spiro atoms. The van der Waals surface area contributed by atoms with Gasteiger partial charge >= 0.3 is 6.18 Å². The van der Waals surface area contributed by atoms with Crippen molar-refractivity contribution < 1.29 is 27.1 Å². The minimum Gasteiger partial charge on any atom is -0.367 e. The summed E-state index contributed by atoms with van der Waals surface area (Å²) in [6.45, 7) is -1.28. The summed E-state index contributed by atoms with van der Waals surface area (Å²) in [6.07, 6.45) is -2.76. The second kappa shape index (κ2) is 8.87. The van der Waals surface area contributed by atoms with E-state index in [9.17, 15) is 22.4 Å². The number of aromatic nitrogens is 2. The van der Waals surface area contributed by atoms with E-state index in [1.807, 2.05) is 0 Å². The second-order valence-corrected chi connectivity index (χ2v) is 6.29. The molecule has 0 bridgehead atoms. The van der Waals surface area contributed by atoms with E-state index in [1.165, 1.54) is 24.3 Å². The van der Waals surface area contributed by atoms with Crippen molar-refractivity contribution in [2.24, 2.45) is 0 Å². The fourth-order valence-corrected chi connectivity index (χ4v) is 2.61. The molecule has 0 aliphatic rings. The Labute approximate surface area is 163 Å². The molecule has 3 rings (SSSR count). The third-order valence-corrected chi connectivity index (χ3v) is 3.84. The van der Waals surface area contributed by atoms with Gasteiger partial charge in [0, 0.05) is 17.8 Å². The van der Waals surface area contributed by atoms with Crippen LogP contribution in [0, 0.1) is 5.82 Å². The highest BCUT2D eigenvalue weighted by atomic mass is 19.4. The first kappa shape index (κ1) is 20.5. The number of hydrogen-bond donors (Lipinski definition) is 1. The van der Waals surface area contributed by atoms with Gasteiger partial charge in [0.25, 0.3) is 5.91 Å². The number of anilines is 1. The van der Waals surface area contributed by atoms with Crippen molar-refractivity contribution in [3.63, 3.8) is 0 Å². The second-order valence-electron chi connectivity index (χ2n) is 6.29. The molecular formula is C20H17F4N3O2. The number of hydrogen-bond acceptors (Lipinski definition) is 3. The molecule has 29 heavy (non-hydrogen) atoms. The van der Waals surface area contributed by atoms with Crippen LogP contribution in [0.2, 0.25) is 0 Å². The number of carbonyl (C=O) groups is 1. The van der Waals surface area contributed by atoms with Crippen LogP contribution in [0.5, 0.6) is 0 Å². The lowest BCUT2D eigenvalue weighted by molar-refractivity contribution is -0.176. The van der Waals surface area contributed by atoms with Crippen molar-refractivity contribution in [3.8, 4) is 0 Å². The summed E-state index contributed by atoms with van der Waals surface area (Å²) in [7, 11) is 0. The largest absolute Gasteiger partial charge is 0.411 e. The zero-order valence-corrected chi connectivity index (χ0v) is 15.1. The maximum absolute atomic E-state index is 13.3. The van der Waals surface area contributed by atoms with Crippen LogP contribution >= 0.6 is 0 Å². The van der Waals surface area contributed by atoms with Gasteiger partial charge in [-0.25, -0.2) is 4.39 Å². The van der Waals surface area contributed by atoms with Gasteiger partial charge in [0.2, 0.25) is 0 Å². The number of halogens is 4. The Morgan fingerprint density at radius 1 is 1.07 bits per heavy atom.